The Balaban J connectivity index is 1.65. The zero-order valence-electron chi connectivity index (χ0n) is 19.7. The first-order valence-electron chi connectivity index (χ1n) is 11.3. The predicted molar refractivity (Wildman–Crippen MR) is 128 cm³/mol. The summed E-state index contributed by atoms with van der Waals surface area (Å²) in [6, 6.07) is 1.02. The molecular weight excluding hydrogens is 408 g/mol. The Morgan fingerprint density at radius 2 is 1.97 bits per heavy atom. The summed E-state index contributed by atoms with van der Waals surface area (Å²) < 4.78 is 0. The summed E-state index contributed by atoms with van der Waals surface area (Å²) in [6.07, 6.45) is 5.32. The minimum absolute atomic E-state index is 0.104. The van der Waals surface area contributed by atoms with E-state index < -0.39 is 0 Å². The highest BCUT2D eigenvalue weighted by Crippen LogP contribution is 2.35. The van der Waals surface area contributed by atoms with Crippen LogP contribution in [0, 0.1) is 12.8 Å². The van der Waals surface area contributed by atoms with Gasteiger partial charge < -0.3 is 10.2 Å². The van der Waals surface area contributed by atoms with Gasteiger partial charge in [-0.05, 0) is 65.8 Å². The van der Waals surface area contributed by atoms with Crippen LogP contribution in [-0.2, 0) is 4.79 Å². The van der Waals surface area contributed by atoms with Gasteiger partial charge in [-0.3, -0.25) is 14.5 Å². The van der Waals surface area contributed by atoms with E-state index in [0.29, 0.717) is 12.1 Å². The number of carbonyl (C=O) groups is 2. The van der Waals surface area contributed by atoms with Crippen molar-refractivity contribution < 1.29 is 9.59 Å². The standard InChI is InChI=1S/C24H36N4O2S/c1-7-21(28-10-8-18(9-11-28)27(5)6)22-17(4)20(14-31-22)23(29)25-13-19-15(2)12-16(3)26-24(19)30/h12,14,18-19,21H,7-11,13H2,1-6H3,(H,25,29)/t19?,21-/m0/s1. The highest BCUT2D eigenvalue weighted by Gasteiger charge is 2.29. The maximum absolute atomic E-state index is 12.9. The molecule has 1 aromatic rings. The lowest BCUT2D eigenvalue weighted by Gasteiger charge is -2.39. The first-order valence-corrected chi connectivity index (χ1v) is 12.1. The van der Waals surface area contributed by atoms with Gasteiger partial charge in [0, 0.05) is 47.7 Å². The van der Waals surface area contributed by atoms with Gasteiger partial charge in [0.2, 0.25) is 0 Å². The summed E-state index contributed by atoms with van der Waals surface area (Å²) in [7, 11) is 4.33. The molecule has 0 saturated carbocycles. The van der Waals surface area contributed by atoms with Crippen molar-refractivity contribution in [2.45, 2.75) is 59.0 Å². The molecule has 1 fully saturated rings. The maximum Gasteiger partial charge on any atom is 0.254 e. The number of rotatable bonds is 7. The van der Waals surface area contributed by atoms with Gasteiger partial charge >= 0.3 is 0 Å². The van der Waals surface area contributed by atoms with Crippen LogP contribution in [0.5, 0.6) is 0 Å². The fraction of sp³-hybridized carbons (Fsp3) is 0.625. The summed E-state index contributed by atoms with van der Waals surface area (Å²) >= 11 is 1.69. The fourth-order valence-electron chi connectivity index (χ4n) is 4.75. The molecule has 7 heteroatoms. The number of aliphatic imine (C=N–C) groups is 1. The van der Waals surface area contributed by atoms with Gasteiger partial charge in [-0.2, -0.15) is 0 Å². The molecule has 1 aromatic heterocycles. The van der Waals surface area contributed by atoms with E-state index >= 15 is 0 Å². The van der Waals surface area contributed by atoms with Crippen LogP contribution in [0.2, 0.25) is 0 Å². The third-order valence-corrected chi connectivity index (χ3v) is 7.90. The number of dihydropyridines is 1. The second-order valence-corrected chi connectivity index (χ2v) is 9.95. The van der Waals surface area contributed by atoms with Crippen molar-refractivity contribution in [1.29, 1.82) is 0 Å². The molecule has 0 radical (unpaired) electrons. The lowest BCUT2D eigenvalue weighted by atomic mass is 9.95. The number of thiophene rings is 1. The van der Waals surface area contributed by atoms with Crippen molar-refractivity contribution >= 4 is 28.9 Å². The summed E-state index contributed by atoms with van der Waals surface area (Å²) in [6.45, 7) is 10.5. The van der Waals surface area contributed by atoms with E-state index in [0.717, 1.165) is 41.9 Å². The average molecular weight is 445 g/mol. The molecule has 2 aliphatic rings. The third-order valence-electron chi connectivity index (χ3n) is 6.72. The minimum atomic E-state index is -0.368. The molecular formula is C24H36N4O2S. The van der Waals surface area contributed by atoms with Gasteiger partial charge in [-0.15, -0.1) is 11.3 Å². The number of carbonyl (C=O) groups excluding carboxylic acids is 2. The van der Waals surface area contributed by atoms with Crippen molar-refractivity contribution in [3.63, 3.8) is 0 Å². The first kappa shape index (κ1) is 23.8. The van der Waals surface area contributed by atoms with Crippen LogP contribution in [0.25, 0.3) is 0 Å². The Morgan fingerprint density at radius 1 is 1.29 bits per heavy atom. The van der Waals surface area contributed by atoms with Crippen LogP contribution in [0.1, 0.15) is 66.9 Å². The second-order valence-electron chi connectivity index (χ2n) is 9.04. The maximum atomic E-state index is 12.9. The fourth-order valence-corrected chi connectivity index (χ4v) is 6.04. The smallest absolute Gasteiger partial charge is 0.254 e. The average Bonchev–Trinajstić information content (AvgIpc) is 3.09. The molecule has 170 valence electrons. The molecule has 6 nitrogen and oxygen atoms in total. The lowest BCUT2D eigenvalue weighted by molar-refractivity contribution is -0.120. The molecule has 0 aliphatic carbocycles. The van der Waals surface area contributed by atoms with E-state index in [9.17, 15) is 9.59 Å². The van der Waals surface area contributed by atoms with E-state index in [2.05, 4.69) is 48.1 Å². The summed E-state index contributed by atoms with van der Waals surface area (Å²) in [5.74, 6) is -0.645. The van der Waals surface area contributed by atoms with Crippen LogP contribution in [0.3, 0.4) is 0 Å². The van der Waals surface area contributed by atoms with Crippen LogP contribution in [0.15, 0.2) is 22.0 Å². The van der Waals surface area contributed by atoms with Crippen LogP contribution in [0.4, 0.5) is 0 Å². The number of piperidine rings is 1. The second kappa shape index (κ2) is 10.2. The molecule has 0 spiro atoms. The Hall–Kier alpha value is -1.83. The van der Waals surface area contributed by atoms with E-state index in [1.54, 1.807) is 11.3 Å². The highest BCUT2D eigenvalue weighted by atomic mass is 32.1. The van der Waals surface area contributed by atoms with Gasteiger partial charge in [0.15, 0.2) is 0 Å². The van der Waals surface area contributed by atoms with Gasteiger partial charge in [0.1, 0.15) is 0 Å². The minimum Gasteiger partial charge on any atom is -0.351 e. The number of nitrogens with one attached hydrogen (secondary N) is 1. The molecule has 3 rings (SSSR count). The molecule has 1 unspecified atom stereocenters. The molecule has 0 aromatic carbocycles. The van der Waals surface area contributed by atoms with Crippen LogP contribution in [-0.4, -0.2) is 67.1 Å². The number of likely N-dealkylation sites (tertiary alicyclic amines) is 1. The van der Waals surface area contributed by atoms with Gasteiger partial charge in [-0.25, -0.2) is 4.99 Å². The Labute approximate surface area is 190 Å². The van der Waals surface area contributed by atoms with E-state index in [4.69, 9.17) is 0 Å². The van der Waals surface area contributed by atoms with E-state index in [1.165, 1.54) is 17.7 Å². The number of nitrogens with zero attached hydrogens (tertiary/aromatic N) is 3. The van der Waals surface area contributed by atoms with E-state index in [-0.39, 0.29) is 24.3 Å². The number of hydrogen-bond acceptors (Lipinski definition) is 5. The van der Waals surface area contributed by atoms with Gasteiger partial charge in [-0.1, -0.05) is 12.5 Å². The molecule has 2 amide bonds. The third kappa shape index (κ3) is 5.33. The lowest BCUT2D eigenvalue weighted by Crippen LogP contribution is -2.43. The molecule has 2 aliphatic heterocycles. The summed E-state index contributed by atoms with van der Waals surface area (Å²) in [5.41, 5.74) is 3.47. The zero-order valence-corrected chi connectivity index (χ0v) is 20.5. The first-order chi connectivity index (χ1) is 14.7. The van der Waals surface area contributed by atoms with Crippen molar-refractivity contribution in [1.82, 2.24) is 15.1 Å². The van der Waals surface area contributed by atoms with Gasteiger partial charge in [0.05, 0.1) is 11.5 Å². The highest BCUT2D eigenvalue weighted by molar-refractivity contribution is 7.10. The summed E-state index contributed by atoms with van der Waals surface area (Å²) in [5, 5.41) is 4.95. The Kier molecular flexibility index (Phi) is 7.83. The Bertz CT molecular complexity index is 878. The quantitative estimate of drug-likeness (QED) is 0.694. The van der Waals surface area contributed by atoms with E-state index in [1.807, 2.05) is 25.3 Å². The molecule has 3 heterocycles. The molecule has 1 saturated heterocycles. The molecule has 0 bridgehead atoms. The van der Waals surface area contributed by atoms with Crippen LogP contribution < -0.4 is 5.32 Å². The van der Waals surface area contributed by atoms with Crippen molar-refractivity contribution in [3.8, 4) is 0 Å². The molecule has 1 N–H and O–H groups in total. The number of amides is 2. The van der Waals surface area contributed by atoms with Crippen molar-refractivity contribution in [2.24, 2.45) is 10.9 Å². The topological polar surface area (TPSA) is 65.0 Å². The SMILES string of the molecule is CC[C@@H](c1scc(C(=O)NCC2C(=O)N=C(C)C=C2C)c1C)N1CCC(N(C)C)CC1. The molecule has 2 atom stereocenters. The van der Waals surface area contributed by atoms with Crippen molar-refractivity contribution in [2.75, 3.05) is 33.7 Å². The monoisotopic (exact) mass is 444 g/mol. The van der Waals surface area contributed by atoms with Crippen molar-refractivity contribution in [3.05, 3.63) is 33.0 Å². The number of hydrogen-bond donors (Lipinski definition) is 1. The predicted octanol–water partition coefficient (Wildman–Crippen LogP) is 3.83. The van der Waals surface area contributed by atoms with Crippen LogP contribution >= 0.6 is 11.3 Å². The number of allylic oxidation sites excluding steroid dienone is 1. The van der Waals surface area contributed by atoms with Gasteiger partial charge in [0.25, 0.3) is 11.8 Å². The zero-order chi connectivity index (χ0) is 22.7. The summed E-state index contributed by atoms with van der Waals surface area (Å²) in [4.78, 5) is 35.4. The largest absolute Gasteiger partial charge is 0.351 e. The molecule has 31 heavy (non-hydrogen) atoms. The Morgan fingerprint density at radius 3 is 2.55 bits per heavy atom. The normalized spacial score (nSPS) is 21.8.